The second-order valence-corrected chi connectivity index (χ2v) is 4.00. The Labute approximate surface area is 100 Å². The Morgan fingerprint density at radius 1 is 1.18 bits per heavy atom. The molecule has 0 aliphatic rings. The number of aryl methyl sites for hydroxylation is 1. The number of nitrogens with zero attached hydrogens (tertiary/aromatic N) is 2. The third-order valence-electron chi connectivity index (χ3n) is 2.64. The van der Waals surface area contributed by atoms with Gasteiger partial charge in [-0.3, -0.25) is 0 Å². The van der Waals surface area contributed by atoms with Crippen LogP contribution in [0.4, 0.5) is 4.39 Å². The Kier molecular flexibility index (Phi) is 3.88. The molecular formula is C13H16FN3. The summed E-state index contributed by atoms with van der Waals surface area (Å²) in [5.74, 6) is -0.226. The molecule has 0 aliphatic heterocycles. The number of hydrogen-bond donors (Lipinski definition) is 1. The molecule has 1 aromatic heterocycles. The molecule has 90 valence electrons. The van der Waals surface area contributed by atoms with Crippen molar-refractivity contribution in [2.75, 3.05) is 6.54 Å². The summed E-state index contributed by atoms with van der Waals surface area (Å²) in [5.41, 5.74) is 7.25. The molecule has 17 heavy (non-hydrogen) atoms. The minimum Gasteiger partial charge on any atom is -0.337 e. The van der Waals surface area contributed by atoms with Crippen molar-refractivity contribution in [3.8, 4) is 11.3 Å². The first-order valence-corrected chi connectivity index (χ1v) is 5.77. The molecule has 0 bridgehead atoms. The van der Waals surface area contributed by atoms with E-state index in [9.17, 15) is 4.39 Å². The summed E-state index contributed by atoms with van der Waals surface area (Å²) in [6, 6.07) is 6.37. The van der Waals surface area contributed by atoms with Gasteiger partial charge in [0.1, 0.15) is 5.82 Å². The summed E-state index contributed by atoms with van der Waals surface area (Å²) >= 11 is 0. The predicted octanol–water partition coefficient (Wildman–Crippen LogP) is 2.43. The van der Waals surface area contributed by atoms with E-state index in [0.29, 0.717) is 0 Å². The lowest BCUT2D eigenvalue weighted by Gasteiger charge is -1.99. The summed E-state index contributed by atoms with van der Waals surface area (Å²) in [6.45, 7) is 1.64. The molecule has 0 fully saturated rings. The van der Waals surface area contributed by atoms with Crippen LogP contribution in [-0.2, 0) is 6.54 Å². The van der Waals surface area contributed by atoms with E-state index in [-0.39, 0.29) is 5.82 Å². The van der Waals surface area contributed by atoms with E-state index in [2.05, 4.69) is 4.98 Å². The van der Waals surface area contributed by atoms with Gasteiger partial charge in [-0.05, 0) is 43.7 Å². The molecule has 0 radical (unpaired) electrons. The van der Waals surface area contributed by atoms with Crippen LogP contribution in [0.3, 0.4) is 0 Å². The van der Waals surface area contributed by atoms with Crippen LogP contribution in [0.15, 0.2) is 36.8 Å². The number of halogens is 1. The number of imidazole rings is 1. The highest BCUT2D eigenvalue weighted by Crippen LogP contribution is 2.17. The lowest BCUT2D eigenvalue weighted by molar-refractivity contribution is 0.614. The normalized spacial score (nSPS) is 10.7. The summed E-state index contributed by atoms with van der Waals surface area (Å²) in [4.78, 5) is 4.30. The molecule has 2 N–H and O–H groups in total. The van der Waals surface area contributed by atoms with E-state index in [4.69, 9.17) is 5.73 Å². The number of unbranched alkanes of at least 4 members (excludes halogenated alkanes) is 1. The Hall–Kier alpha value is -1.68. The summed E-state index contributed by atoms with van der Waals surface area (Å²) < 4.78 is 14.8. The van der Waals surface area contributed by atoms with Crippen LogP contribution in [0.5, 0.6) is 0 Å². The maximum Gasteiger partial charge on any atom is 0.123 e. The van der Waals surface area contributed by atoms with Gasteiger partial charge in [0.2, 0.25) is 0 Å². The van der Waals surface area contributed by atoms with Crippen LogP contribution in [0.1, 0.15) is 12.8 Å². The van der Waals surface area contributed by atoms with E-state index in [1.807, 2.05) is 10.8 Å². The largest absolute Gasteiger partial charge is 0.337 e. The highest BCUT2D eigenvalue weighted by Gasteiger charge is 2.02. The molecule has 2 aromatic rings. The number of benzene rings is 1. The summed E-state index contributed by atoms with van der Waals surface area (Å²) in [7, 11) is 0. The van der Waals surface area contributed by atoms with Gasteiger partial charge in [-0.1, -0.05) is 0 Å². The van der Waals surface area contributed by atoms with Crippen molar-refractivity contribution in [2.24, 2.45) is 5.73 Å². The highest BCUT2D eigenvalue weighted by atomic mass is 19.1. The molecule has 0 saturated carbocycles. The van der Waals surface area contributed by atoms with Gasteiger partial charge in [0.25, 0.3) is 0 Å². The van der Waals surface area contributed by atoms with Crippen LogP contribution in [0, 0.1) is 5.82 Å². The van der Waals surface area contributed by atoms with Crippen molar-refractivity contribution < 1.29 is 4.39 Å². The van der Waals surface area contributed by atoms with E-state index < -0.39 is 0 Å². The Morgan fingerprint density at radius 3 is 2.65 bits per heavy atom. The van der Waals surface area contributed by atoms with Crippen LogP contribution < -0.4 is 5.73 Å². The molecule has 1 aromatic carbocycles. The number of hydrogen-bond acceptors (Lipinski definition) is 2. The zero-order valence-corrected chi connectivity index (χ0v) is 9.64. The Bertz CT molecular complexity index is 462. The molecule has 1 heterocycles. The maximum atomic E-state index is 12.8. The van der Waals surface area contributed by atoms with Crippen molar-refractivity contribution in [1.82, 2.24) is 9.55 Å². The second kappa shape index (κ2) is 5.59. The van der Waals surface area contributed by atoms with Gasteiger partial charge in [0.05, 0.1) is 12.0 Å². The van der Waals surface area contributed by atoms with Gasteiger partial charge >= 0.3 is 0 Å². The quantitative estimate of drug-likeness (QED) is 0.806. The van der Waals surface area contributed by atoms with Crippen molar-refractivity contribution in [3.63, 3.8) is 0 Å². The molecule has 0 atom stereocenters. The average molecular weight is 233 g/mol. The first-order chi connectivity index (χ1) is 8.29. The summed E-state index contributed by atoms with van der Waals surface area (Å²) in [5, 5.41) is 0. The lowest BCUT2D eigenvalue weighted by atomic mass is 10.2. The molecule has 4 heteroatoms. The smallest absolute Gasteiger partial charge is 0.123 e. The molecule has 0 aliphatic carbocycles. The first kappa shape index (κ1) is 11.8. The number of rotatable bonds is 5. The monoisotopic (exact) mass is 233 g/mol. The SMILES string of the molecule is NCCCCn1cnc(-c2ccc(F)cc2)c1. The van der Waals surface area contributed by atoms with Crippen LogP contribution in [0.2, 0.25) is 0 Å². The van der Waals surface area contributed by atoms with E-state index >= 15 is 0 Å². The van der Waals surface area contributed by atoms with Crippen LogP contribution in [0.25, 0.3) is 11.3 Å². The van der Waals surface area contributed by atoms with E-state index in [1.54, 1.807) is 18.5 Å². The molecule has 2 rings (SSSR count). The van der Waals surface area contributed by atoms with Gasteiger partial charge in [-0.2, -0.15) is 0 Å². The molecule has 0 unspecified atom stereocenters. The van der Waals surface area contributed by atoms with Gasteiger partial charge in [-0.25, -0.2) is 9.37 Å². The third-order valence-corrected chi connectivity index (χ3v) is 2.64. The standard InChI is InChI=1S/C13H16FN3/c14-12-5-3-11(4-6-12)13-9-17(10-16-13)8-2-1-7-15/h3-6,9-10H,1-2,7-8,15H2. The predicted molar refractivity (Wildman–Crippen MR) is 65.9 cm³/mol. The van der Waals surface area contributed by atoms with Crippen LogP contribution in [-0.4, -0.2) is 16.1 Å². The fourth-order valence-electron chi connectivity index (χ4n) is 1.69. The average Bonchev–Trinajstić information content (AvgIpc) is 2.79. The third kappa shape index (κ3) is 3.14. The van der Waals surface area contributed by atoms with Crippen LogP contribution >= 0.6 is 0 Å². The van der Waals surface area contributed by atoms with Crippen molar-refractivity contribution in [3.05, 3.63) is 42.6 Å². The molecule has 0 saturated heterocycles. The molecule has 3 nitrogen and oxygen atoms in total. The minimum atomic E-state index is -0.226. The topological polar surface area (TPSA) is 43.8 Å². The molecular weight excluding hydrogens is 217 g/mol. The fraction of sp³-hybridized carbons (Fsp3) is 0.308. The van der Waals surface area contributed by atoms with Crippen molar-refractivity contribution in [1.29, 1.82) is 0 Å². The van der Waals surface area contributed by atoms with Gasteiger partial charge in [0, 0.05) is 18.3 Å². The Balaban J connectivity index is 2.04. The minimum absolute atomic E-state index is 0.226. The van der Waals surface area contributed by atoms with Gasteiger partial charge < -0.3 is 10.3 Å². The molecule has 0 spiro atoms. The van der Waals surface area contributed by atoms with Crippen molar-refractivity contribution >= 4 is 0 Å². The molecule has 0 amide bonds. The fourth-order valence-corrected chi connectivity index (χ4v) is 1.69. The van der Waals surface area contributed by atoms with Gasteiger partial charge in [0.15, 0.2) is 0 Å². The zero-order valence-electron chi connectivity index (χ0n) is 9.64. The number of nitrogens with two attached hydrogens (primary N) is 1. The second-order valence-electron chi connectivity index (χ2n) is 4.00. The highest BCUT2D eigenvalue weighted by molar-refractivity contribution is 5.57. The lowest BCUT2D eigenvalue weighted by Crippen LogP contribution is -2.01. The Morgan fingerprint density at radius 2 is 1.94 bits per heavy atom. The summed E-state index contributed by atoms with van der Waals surface area (Å²) in [6.07, 6.45) is 5.85. The maximum absolute atomic E-state index is 12.8. The zero-order chi connectivity index (χ0) is 12.1. The van der Waals surface area contributed by atoms with Gasteiger partial charge in [-0.15, -0.1) is 0 Å². The van der Waals surface area contributed by atoms with Crippen molar-refractivity contribution in [2.45, 2.75) is 19.4 Å². The van der Waals surface area contributed by atoms with E-state index in [1.165, 1.54) is 12.1 Å². The van der Waals surface area contributed by atoms with E-state index in [0.717, 1.165) is 37.2 Å². The first-order valence-electron chi connectivity index (χ1n) is 5.77. The number of aromatic nitrogens is 2.